The average molecular weight is 605 g/mol. The number of Topliss-reactive ketones (excluding diaryl/α,β-unsaturated/α-hetero) is 1. The van der Waals surface area contributed by atoms with Crippen LogP contribution in [0.15, 0.2) is 97.1 Å². The molecular weight excluding hydrogens is 568 g/mol. The highest BCUT2D eigenvalue weighted by molar-refractivity contribution is 5.88. The van der Waals surface area contributed by atoms with Crippen LogP contribution >= 0.6 is 0 Å². The summed E-state index contributed by atoms with van der Waals surface area (Å²) in [5.74, 6) is -0.607. The molecule has 6 rings (SSSR count). The highest BCUT2D eigenvalue weighted by atomic mass is 16.6. The first-order valence-corrected chi connectivity index (χ1v) is 15.4. The Morgan fingerprint density at radius 2 is 1.04 bits per heavy atom. The Morgan fingerprint density at radius 3 is 1.49 bits per heavy atom. The summed E-state index contributed by atoms with van der Waals surface area (Å²) >= 11 is 0. The number of hydrogen-bond donors (Lipinski definition) is 3. The molecular formula is C37H36N2O6. The van der Waals surface area contributed by atoms with Crippen LogP contribution in [0, 0.1) is 0 Å². The summed E-state index contributed by atoms with van der Waals surface area (Å²) in [6.07, 6.45) is 0.183. The standard InChI is InChI=1S/C37H36N2O6/c40-21-35(41)34(39-37(43)45-23-33-30-17-7-3-13-26(30)27-14-4-8-18-31(27)33)19-9-10-20-38-36(42)44-22-32-28-15-5-1-11-24(28)25-12-2-6-16-29(25)32/h1-8,11-18,32-34,40H,9-10,19-23H2,(H,38,42)(H,39,43). The van der Waals surface area contributed by atoms with Gasteiger partial charge in [-0.2, -0.15) is 0 Å². The van der Waals surface area contributed by atoms with E-state index < -0.39 is 30.6 Å². The summed E-state index contributed by atoms with van der Waals surface area (Å²) < 4.78 is 11.2. The molecule has 4 aromatic rings. The molecule has 8 nitrogen and oxygen atoms in total. The van der Waals surface area contributed by atoms with Gasteiger partial charge in [-0.15, -0.1) is 0 Å². The first kappa shape index (κ1) is 30.1. The number of ketones is 1. The normalized spacial score (nSPS) is 13.6. The topological polar surface area (TPSA) is 114 Å². The first-order valence-electron chi connectivity index (χ1n) is 15.4. The molecule has 2 amide bonds. The van der Waals surface area contributed by atoms with Gasteiger partial charge in [-0.25, -0.2) is 9.59 Å². The Bertz CT molecular complexity index is 1610. The van der Waals surface area contributed by atoms with Gasteiger partial charge in [0.25, 0.3) is 0 Å². The maximum absolute atomic E-state index is 12.7. The lowest BCUT2D eigenvalue weighted by atomic mass is 9.98. The zero-order valence-corrected chi connectivity index (χ0v) is 24.9. The van der Waals surface area contributed by atoms with Crippen LogP contribution in [0.25, 0.3) is 22.3 Å². The predicted molar refractivity (Wildman–Crippen MR) is 171 cm³/mol. The van der Waals surface area contributed by atoms with E-state index in [9.17, 15) is 19.5 Å². The third-order valence-electron chi connectivity index (χ3n) is 8.71. The zero-order valence-electron chi connectivity index (χ0n) is 24.9. The number of ether oxygens (including phenoxy) is 2. The molecule has 0 saturated heterocycles. The minimum absolute atomic E-state index is 0.0163. The summed E-state index contributed by atoms with van der Waals surface area (Å²) in [6.45, 7) is 0.0227. The maximum atomic E-state index is 12.7. The van der Waals surface area contributed by atoms with Gasteiger partial charge in [0.05, 0.1) is 6.04 Å². The second kappa shape index (κ2) is 13.8. The number of aliphatic hydroxyl groups is 1. The van der Waals surface area contributed by atoms with Crippen molar-refractivity contribution in [3.8, 4) is 22.3 Å². The second-order valence-electron chi connectivity index (χ2n) is 11.4. The van der Waals surface area contributed by atoms with Gasteiger partial charge in [0.1, 0.15) is 19.8 Å². The fraction of sp³-hybridized carbons (Fsp3) is 0.270. The summed E-state index contributed by atoms with van der Waals surface area (Å²) in [5.41, 5.74) is 9.08. The van der Waals surface area contributed by atoms with Crippen LogP contribution in [0.2, 0.25) is 0 Å². The Kier molecular flexibility index (Phi) is 9.22. The Balaban J connectivity index is 0.940. The van der Waals surface area contributed by atoms with E-state index in [1.165, 1.54) is 11.1 Å². The van der Waals surface area contributed by atoms with Crippen molar-refractivity contribution < 1.29 is 29.0 Å². The SMILES string of the molecule is O=C(NCCCCC(NC(=O)OCC1c2ccccc2-c2ccccc21)C(=O)CO)OCC1c2ccccc2-c2ccccc21. The van der Waals surface area contributed by atoms with Crippen LogP contribution in [0.4, 0.5) is 9.59 Å². The van der Waals surface area contributed by atoms with Crippen molar-refractivity contribution >= 4 is 18.0 Å². The molecule has 2 aliphatic carbocycles. The minimum Gasteiger partial charge on any atom is -0.449 e. The highest BCUT2D eigenvalue weighted by Crippen LogP contribution is 2.45. The number of alkyl carbamates (subject to hydrolysis) is 2. The molecule has 2 aliphatic rings. The van der Waals surface area contributed by atoms with E-state index in [-0.39, 0.29) is 25.0 Å². The Morgan fingerprint density at radius 1 is 0.622 bits per heavy atom. The lowest BCUT2D eigenvalue weighted by molar-refractivity contribution is -0.123. The number of aliphatic hydroxyl groups excluding tert-OH is 1. The van der Waals surface area contributed by atoms with E-state index in [0.29, 0.717) is 25.8 Å². The van der Waals surface area contributed by atoms with Gasteiger partial charge < -0.3 is 25.2 Å². The van der Waals surface area contributed by atoms with E-state index >= 15 is 0 Å². The van der Waals surface area contributed by atoms with Crippen LogP contribution in [0.1, 0.15) is 53.4 Å². The molecule has 0 fully saturated rings. The molecule has 0 radical (unpaired) electrons. The number of amides is 2. The first-order chi connectivity index (χ1) is 22.0. The van der Waals surface area contributed by atoms with Crippen molar-refractivity contribution in [1.82, 2.24) is 10.6 Å². The number of carbonyl (C=O) groups is 3. The molecule has 1 atom stereocenters. The molecule has 1 unspecified atom stereocenters. The number of unbranched alkanes of at least 4 members (excludes halogenated alkanes) is 1. The molecule has 230 valence electrons. The van der Waals surface area contributed by atoms with Crippen molar-refractivity contribution in [2.45, 2.75) is 37.1 Å². The van der Waals surface area contributed by atoms with Crippen molar-refractivity contribution in [2.75, 3.05) is 26.4 Å². The lowest BCUT2D eigenvalue weighted by Gasteiger charge is -2.19. The highest BCUT2D eigenvalue weighted by Gasteiger charge is 2.30. The number of carbonyl (C=O) groups excluding carboxylic acids is 3. The minimum atomic E-state index is -0.889. The van der Waals surface area contributed by atoms with Crippen LogP contribution in [0.3, 0.4) is 0 Å². The molecule has 8 heteroatoms. The van der Waals surface area contributed by atoms with Crippen molar-refractivity contribution in [2.24, 2.45) is 0 Å². The molecule has 0 aliphatic heterocycles. The predicted octanol–water partition coefficient (Wildman–Crippen LogP) is 6.16. The Labute approximate surface area is 262 Å². The van der Waals surface area contributed by atoms with Crippen molar-refractivity contribution in [3.63, 3.8) is 0 Å². The Hall–Kier alpha value is -4.95. The number of rotatable bonds is 12. The van der Waals surface area contributed by atoms with Gasteiger partial charge in [0.15, 0.2) is 5.78 Å². The molecule has 0 aromatic heterocycles. The quantitative estimate of drug-likeness (QED) is 0.167. The van der Waals surface area contributed by atoms with Gasteiger partial charge in [-0.1, -0.05) is 97.1 Å². The number of fused-ring (bicyclic) bond motifs is 6. The molecule has 0 spiro atoms. The van der Waals surface area contributed by atoms with Gasteiger partial charge in [0, 0.05) is 18.4 Å². The summed E-state index contributed by atoms with van der Waals surface area (Å²) in [7, 11) is 0. The van der Waals surface area contributed by atoms with E-state index in [1.807, 2.05) is 60.7 Å². The van der Waals surface area contributed by atoms with Crippen molar-refractivity contribution in [3.05, 3.63) is 119 Å². The van der Waals surface area contributed by atoms with Gasteiger partial charge in [0.2, 0.25) is 0 Å². The van der Waals surface area contributed by atoms with E-state index in [0.717, 1.165) is 33.4 Å². The monoisotopic (exact) mass is 604 g/mol. The van der Waals surface area contributed by atoms with Crippen LogP contribution in [-0.2, 0) is 14.3 Å². The summed E-state index contributed by atoms with van der Waals surface area (Å²) in [5, 5.41) is 14.9. The molecule has 0 saturated carbocycles. The van der Waals surface area contributed by atoms with Crippen molar-refractivity contribution in [1.29, 1.82) is 0 Å². The number of nitrogens with one attached hydrogen (secondary N) is 2. The smallest absolute Gasteiger partial charge is 0.407 e. The second-order valence-corrected chi connectivity index (χ2v) is 11.4. The summed E-state index contributed by atoms with van der Waals surface area (Å²) in [4.78, 5) is 37.6. The third kappa shape index (κ3) is 6.47. The number of hydrogen-bond acceptors (Lipinski definition) is 6. The third-order valence-corrected chi connectivity index (χ3v) is 8.71. The fourth-order valence-corrected chi connectivity index (χ4v) is 6.52. The van der Waals surface area contributed by atoms with Gasteiger partial charge in [-0.05, 0) is 63.8 Å². The van der Waals surface area contributed by atoms with Crippen LogP contribution in [0.5, 0.6) is 0 Å². The van der Waals surface area contributed by atoms with Gasteiger partial charge >= 0.3 is 12.2 Å². The van der Waals surface area contributed by atoms with E-state index in [4.69, 9.17) is 9.47 Å². The molecule has 3 N–H and O–H groups in total. The largest absolute Gasteiger partial charge is 0.449 e. The van der Waals surface area contributed by atoms with Gasteiger partial charge in [-0.3, -0.25) is 4.79 Å². The lowest BCUT2D eigenvalue weighted by Crippen LogP contribution is -2.42. The van der Waals surface area contributed by atoms with E-state index in [2.05, 4.69) is 47.0 Å². The average Bonchev–Trinajstić information content (AvgIpc) is 3.57. The van der Waals surface area contributed by atoms with Crippen LogP contribution in [-0.4, -0.2) is 55.5 Å². The fourth-order valence-electron chi connectivity index (χ4n) is 6.52. The van der Waals surface area contributed by atoms with Crippen LogP contribution < -0.4 is 10.6 Å². The van der Waals surface area contributed by atoms with E-state index in [1.54, 1.807) is 0 Å². The molecule has 4 aromatic carbocycles. The maximum Gasteiger partial charge on any atom is 0.407 e. The molecule has 0 bridgehead atoms. The number of benzene rings is 4. The molecule has 45 heavy (non-hydrogen) atoms. The molecule has 0 heterocycles. The summed E-state index contributed by atoms with van der Waals surface area (Å²) in [6, 6.07) is 31.6. The zero-order chi connectivity index (χ0) is 31.2.